The van der Waals surface area contributed by atoms with E-state index in [1.165, 1.54) is 135 Å². The van der Waals surface area contributed by atoms with Gasteiger partial charge in [0, 0.05) is 12.8 Å². The molecule has 4 atom stereocenters. The Morgan fingerprint density at radius 3 is 1.37 bits per heavy atom. The fraction of sp³-hybridized carbons (Fsp3) is 0.944. The minimum absolute atomic E-state index is 0.0477. The van der Waals surface area contributed by atoms with Gasteiger partial charge in [-0.15, -0.1) is 0 Å². The normalized spacial score (nSPS) is 20.3. The topological polar surface area (TPSA) is 68.2 Å². The zero-order valence-corrected chi connectivity index (χ0v) is 29.7. The summed E-state index contributed by atoms with van der Waals surface area (Å²) < 4.78 is 17.6. The van der Waals surface area contributed by atoms with Crippen LogP contribution in [0.3, 0.4) is 0 Å². The lowest BCUT2D eigenvalue weighted by Crippen LogP contribution is -2.56. The van der Waals surface area contributed by atoms with Crippen LogP contribution in [0.1, 0.15) is 181 Å². The second kappa shape index (κ2) is 29.1. The maximum Gasteiger partial charge on any atom is 0.160 e. The van der Waals surface area contributed by atoms with Crippen molar-refractivity contribution in [3.05, 3.63) is 0 Å². The lowest BCUT2D eigenvalue weighted by Gasteiger charge is -2.38. The van der Waals surface area contributed by atoms with Crippen LogP contribution in [0.5, 0.6) is 0 Å². The molecule has 0 radical (unpaired) electrons. The van der Waals surface area contributed by atoms with Gasteiger partial charge in [-0.2, -0.15) is 0 Å². The molecule has 1 rings (SSSR count). The third kappa shape index (κ3) is 22.8. The number of aliphatic hydroxyl groups is 2. The van der Waals surface area contributed by atoms with Crippen LogP contribution in [0.2, 0.25) is 0 Å². The van der Waals surface area contributed by atoms with Gasteiger partial charge >= 0.3 is 0 Å². The van der Waals surface area contributed by atoms with Crippen molar-refractivity contribution in [1.82, 2.24) is 0 Å². The molecule has 0 aromatic heterocycles. The van der Waals surface area contributed by atoms with Crippen molar-refractivity contribution in [3.63, 3.8) is 0 Å². The number of rotatable bonds is 29. The molecule has 0 aromatic rings. The van der Waals surface area contributed by atoms with Crippen molar-refractivity contribution in [2.75, 3.05) is 13.2 Å². The van der Waals surface area contributed by atoms with E-state index in [2.05, 4.69) is 13.8 Å². The van der Waals surface area contributed by atoms with Crippen LogP contribution in [0.15, 0.2) is 0 Å². The fourth-order valence-electron chi connectivity index (χ4n) is 5.82. The van der Waals surface area contributed by atoms with Crippen LogP contribution >= 0.6 is 24.4 Å². The number of aliphatic hydroxyl groups excluding tert-OH is 2. The lowest BCUT2D eigenvalue weighted by molar-refractivity contribution is -0.189. The van der Waals surface area contributed by atoms with Crippen LogP contribution < -0.4 is 0 Å². The van der Waals surface area contributed by atoms with Crippen molar-refractivity contribution in [2.24, 2.45) is 0 Å². The summed E-state index contributed by atoms with van der Waals surface area (Å²) in [7, 11) is 0. The molecule has 1 aliphatic rings. The lowest BCUT2D eigenvalue weighted by atomic mass is 10.00. The Hall–Kier alpha value is -0.340. The van der Waals surface area contributed by atoms with Crippen LogP contribution in [0.25, 0.3) is 0 Å². The summed E-state index contributed by atoms with van der Waals surface area (Å²) in [5, 5.41) is 21.8. The van der Waals surface area contributed by atoms with Gasteiger partial charge in [0.05, 0.1) is 6.61 Å². The average molecular weight is 645 g/mol. The maximum absolute atomic E-state index is 10.6. The molecule has 0 aliphatic carbocycles. The summed E-state index contributed by atoms with van der Waals surface area (Å²) in [5.41, 5.74) is 0. The van der Waals surface area contributed by atoms with Gasteiger partial charge in [0.2, 0.25) is 0 Å². The smallest absolute Gasteiger partial charge is 0.160 e. The Morgan fingerprint density at radius 1 is 0.581 bits per heavy atom. The van der Waals surface area contributed by atoms with Gasteiger partial charge in [-0.3, -0.25) is 0 Å². The van der Waals surface area contributed by atoms with E-state index < -0.39 is 24.4 Å². The van der Waals surface area contributed by atoms with Gasteiger partial charge in [-0.25, -0.2) is 0 Å². The summed E-state index contributed by atoms with van der Waals surface area (Å²) in [6, 6.07) is 0. The number of thiocarbonyl (C=S) groups is 2. The third-order valence-electron chi connectivity index (χ3n) is 8.72. The highest BCUT2D eigenvalue weighted by molar-refractivity contribution is 7.80. The molecule has 0 aromatic carbocycles. The Morgan fingerprint density at radius 2 is 0.953 bits per heavy atom. The van der Waals surface area contributed by atoms with Crippen molar-refractivity contribution in [1.29, 1.82) is 0 Å². The molecular formula is C36H68O5S2. The highest BCUT2D eigenvalue weighted by Gasteiger charge is 2.41. The summed E-state index contributed by atoms with van der Waals surface area (Å²) in [6.07, 6.45) is 29.3. The first kappa shape index (κ1) is 40.7. The largest absolute Gasteiger partial charge is 0.484 e. The molecule has 1 saturated heterocycles. The molecule has 1 heterocycles. The van der Waals surface area contributed by atoms with Crippen molar-refractivity contribution in [2.45, 2.75) is 205 Å². The molecule has 0 saturated carbocycles. The second-order valence-corrected chi connectivity index (χ2v) is 13.8. The number of hydrogen-bond acceptors (Lipinski definition) is 7. The first-order valence-electron chi connectivity index (χ1n) is 18.3. The van der Waals surface area contributed by atoms with Gasteiger partial charge in [0.15, 0.2) is 16.2 Å². The SMILES string of the molecule is CCCCCCCCCCCCCCC(=S)OC[C@@H]1OC[C@@H](O)[C@H](O)[C@H]1OC(=S)CCCCCCCCCCCCCC. The Balaban J connectivity index is 2.13. The van der Waals surface area contributed by atoms with E-state index in [4.69, 9.17) is 38.6 Å². The van der Waals surface area contributed by atoms with Gasteiger partial charge in [0.1, 0.15) is 24.9 Å². The average Bonchev–Trinajstić information content (AvgIpc) is 3.00. The first-order valence-corrected chi connectivity index (χ1v) is 19.1. The summed E-state index contributed by atoms with van der Waals surface area (Å²) in [4.78, 5) is 0. The standard InChI is InChI=1S/C36H68O5S2/c1-3-5-7-9-11-13-15-17-19-21-23-25-27-33(42)40-30-32-36(35(38)31(37)29-39-32)41-34(43)28-26-24-22-20-18-16-14-12-10-8-6-4-2/h31-32,35-38H,3-30H2,1-2H3/t31-,32+,35+,36+/m1/s1. The Bertz CT molecular complexity index is 662. The van der Waals surface area contributed by atoms with E-state index in [1.54, 1.807) is 0 Å². The van der Waals surface area contributed by atoms with Gasteiger partial charge in [-0.05, 0) is 37.3 Å². The van der Waals surface area contributed by atoms with Gasteiger partial charge < -0.3 is 24.4 Å². The van der Waals surface area contributed by atoms with E-state index in [0.29, 0.717) is 16.5 Å². The Kier molecular flexibility index (Phi) is 27.5. The molecular weight excluding hydrogens is 577 g/mol. The minimum Gasteiger partial charge on any atom is -0.484 e. The van der Waals surface area contributed by atoms with E-state index in [1.807, 2.05) is 0 Å². The van der Waals surface area contributed by atoms with E-state index in [9.17, 15) is 10.2 Å². The monoisotopic (exact) mass is 644 g/mol. The van der Waals surface area contributed by atoms with Crippen molar-refractivity contribution < 1.29 is 24.4 Å². The van der Waals surface area contributed by atoms with Crippen molar-refractivity contribution in [3.8, 4) is 0 Å². The predicted octanol–water partition coefficient (Wildman–Crippen LogP) is 10.3. The molecule has 1 aliphatic heterocycles. The van der Waals surface area contributed by atoms with Gasteiger partial charge in [0.25, 0.3) is 0 Å². The van der Waals surface area contributed by atoms with E-state index >= 15 is 0 Å². The number of unbranched alkanes of at least 4 members (excludes halogenated alkanes) is 22. The highest BCUT2D eigenvalue weighted by atomic mass is 32.1. The second-order valence-electron chi connectivity index (χ2n) is 12.8. The molecule has 254 valence electrons. The Labute approximate surface area is 276 Å². The molecule has 43 heavy (non-hydrogen) atoms. The van der Waals surface area contributed by atoms with Crippen molar-refractivity contribution >= 4 is 34.5 Å². The van der Waals surface area contributed by atoms with Crippen LogP contribution in [-0.4, -0.2) is 57.9 Å². The maximum atomic E-state index is 10.6. The van der Waals surface area contributed by atoms with E-state index in [-0.39, 0.29) is 13.2 Å². The molecule has 1 fully saturated rings. The summed E-state index contributed by atoms with van der Waals surface area (Å²) in [6.45, 7) is 4.78. The molecule has 7 heteroatoms. The molecule has 2 N–H and O–H groups in total. The van der Waals surface area contributed by atoms with E-state index in [0.717, 1.165) is 25.7 Å². The fourth-order valence-corrected chi connectivity index (χ4v) is 6.29. The molecule has 0 amide bonds. The number of ether oxygens (including phenoxy) is 3. The zero-order valence-electron chi connectivity index (χ0n) is 28.0. The quantitative estimate of drug-likeness (QED) is 0.0620. The summed E-state index contributed by atoms with van der Waals surface area (Å²) >= 11 is 11.0. The molecule has 5 nitrogen and oxygen atoms in total. The molecule has 0 spiro atoms. The van der Waals surface area contributed by atoms with Crippen LogP contribution in [0, 0.1) is 0 Å². The van der Waals surface area contributed by atoms with Crippen LogP contribution in [-0.2, 0) is 14.2 Å². The zero-order chi connectivity index (χ0) is 31.4. The number of hydrogen-bond donors (Lipinski definition) is 2. The minimum atomic E-state index is -1.06. The third-order valence-corrected chi connectivity index (χ3v) is 9.35. The van der Waals surface area contributed by atoms with Crippen LogP contribution in [0.4, 0.5) is 0 Å². The molecule has 0 unspecified atom stereocenters. The molecule has 0 bridgehead atoms. The summed E-state index contributed by atoms with van der Waals surface area (Å²) in [5.74, 6) is 0. The highest BCUT2D eigenvalue weighted by Crippen LogP contribution is 2.22. The predicted molar refractivity (Wildman–Crippen MR) is 189 cm³/mol. The van der Waals surface area contributed by atoms with Gasteiger partial charge in [-0.1, -0.05) is 155 Å². The first-order chi connectivity index (χ1) is 21.0.